The predicted molar refractivity (Wildman–Crippen MR) is 81.1 cm³/mol. The highest BCUT2D eigenvalue weighted by Gasteiger charge is 2.42. The molecular weight excluding hydrogens is 266 g/mol. The Morgan fingerprint density at radius 1 is 1.24 bits per heavy atom. The van der Waals surface area contributed by atoms with Gasteiger partial charge in [0.25, 0.3) is 0 Å². The van der Waals surface area contributed by atoms with Crippen LogP contribution in [0.5, 0.6) is 0 Å². The molecule has 3 fully saturated rings. The number of nitrogens with zero attached hydrogens (tertiary/aromatic N) is 1. The number of piperidine rings is 1. The fourth-order valence-electron chi connectivity index (χ4n) is 4.37. The Hall–Kier alpha value is -0.610. The summed E-state index contributed by atoms with van der Waals surface area (Å²) < 4.78 is 11.6. The Labute approximate surface area is 128 Å². The van der Waals surface area contributed by atoms with E-state index in [4.69, 9.17) is 9.47 Å². The molecule has 2 saturated heterocycles. The minimum atomic E-state index is -0.0122. The highest BCUT2D eigenvalue weighted by molar-refractivity contribution is 5.72. The van der Waals surface area contributed by atoms with Crippen LogP contribution >= 0.6 is 0 Å². The predicted octanol–water partition coefficient (Wildman–Crippen LogP) is 2.75. The third-order valence-electron chi connectivity index (χ3n) is 5.44. The first-order valence-electron chi connectivity index (χ1n) is 8.77. The van der Waals surface area contributed by atoms with Crippen LogP contribution in [0.15, 0.2) is 0 Å². The minimum Gasteiger partial charge on any atom is -0.466 e. The van der Waals surface area contributed by atoms with Crippen molar-refractivity contribution < 1.29 is 14.3 Å². The van der Waals surface area contributed by atoms with Crippen LogP contribution < -0.4 is 0 Å². The fraction of sp³-hybridized carbons (Fsp3) is 0.941. The van der Waals surface area contributed by atoms with E-state index < -0.39 is 0 Å². The summed E-state index contributed by atoms with van der Waals surface area (Å²) in [5, 5.41) is 0. The smallest absolute Gasteiger partial charge is 0.310 e. The van der Waals surface area contributed by atoms with E-state index in [9.17, 15) is 4.79 Å². The molecule has 21 heavy (non-hydrogen) atoms. The zero-order chi connectivity index (χ0) is 14.7. The fourth-order valence-corrected chi connectivity index (χ4v) is 4.37. The molecule has 3 rings (SSSR count). The van der Waals surface area contributed by atoms with Crippen LogP contribution in [0.25, 0.3) is 0 Å². The molecule has 1 aliphatic carbocycles. The molecule has 120 valence electrons. The van der Waals surface area contributed by atoms with Crippen molar-refractivity contribution in [1.29, 1.82) is 0 Å². The van der Waals surface area contributed by atoms with E-state index in [1.165, 1.54) is 38.5 Å². The zero-order valence-corrected chi connectivity index (χ0v) is 13.3. The van der Waals surface area contributed by atoms with Gasteiger partial charge in [0.2, 0.25) is 0 Å². The Bertz CT molecular complexity index is 365. The molecule has 1 saturated carbocycles. The largest absolute Gasteiger partial charge is 0.466 e. The number of esters is 1. The third kappa shape index (κ3) is 3.59. The number of carbonyl (C=O) groups is 1. The van der Waals surface area contributed by atoms with Gasteiger partial charge in [-0.2, -0.15) is 0 Å². The van der Waals surface area contributed by atoms with Crippen LogP contribution in [0.1, 0.15) is 58.3 Å². The van der Waals surface area contributed by atoms with Gasteiger partial charge in [-0.05, 0) is 52.0 Å². The monoisotopic (exact) mass is 295 g/mol. The lowest BCUT2D eigenvalue weighted by Gasteiger charge is -2.33. The van der Waals surface area contributed by atoms with Crippen LogP contribution in [0.2, 0.25) is 0 Å². The summed E-state index contributed by atoms with van der Waals surface area (Å²) in [5.74, 6) is 0.0577. The van der Waals surface area contributed by atoms with Gasteiger partial charge in [-0.1, -0.05) is 12.8 Å². The summed E-state index contributed by atoms with van der Waals surface area (Å²) in [6.45, 7) is 5.32. The van der Waals surface area contributed by atoms with Gasteiger partial charge in [0.05, 0.1) is 24.2 Å². The highest BCUT2D eigenvalue weighted by atomic mass is 16.5. The number of hydrogen-bond donors (Lipinski definition) is 0. The van der Waals surface area contributed by atoms with Gasteiger partial charge in [0, 0.05) is 13.1 Å². The first-order chi connectivity index (χ1) is 10.2. The molecule has 0 N–H and O–H groups in total. The number of likely N-dealkylation sites (tertiary alicyclic amines) is 1. The van der Waals surface area contributed by atoms with Crippen LogP contribution in [0.3, 0.4) is 0 Å². The van der Waals surface area contributed by atoms with Crippen molar-refractivity contribution in [2.24, 2.45) is 5.92 Å². The topological polar surface area (TPSA) is 38.8 Å². The number of hydrogen-bond acceptors (Lipinski definition) is 4. The average Bonchev–Trinajstić information content (AvgIpc) is 3.10. The second kappa shape index (κ2) is 6.66. The SMILES string of the molecule is CCOC(=O)C1CCCN(CC2CCC3(CCCC3)O2)C1. The molecule has 2 atom stereocenters. The van der Waals surface area contributed by atoms with Crippen molar-refractivity contribution in [1.82, 2.24) is 4.90 Å². The lowest BCUT2D eigenvalue weighted by Crippen LogP contribution is -2.43. The molecular formula is C17H29NO3. The zero-order valence-electron chi connectivity index (χ0n) is 13.3. The van der Waals surface area contributed by atoms with Gasteiger partial charge in [0.15, 0.2) is 0 Å². The lowest BCUT2D eigenvalue weighted by molar-refractivity contribution is -0.150. The Morgan fingerprint density at radius 2 is 2.05 bits per heavy atom. The summed E-state index contributed by atoms with van der Waals surface area (Å²) in [6, 6.07) is 0. The van der Waals surface area contributed by atoms with Gasteiger partial charge in [-0.3, -0.25) is 9.69 Å². The quantitative estimate of drug-likeness (QED) is 0.748. The standard InChI is InChI=1S/C17H29NO3/c1-2-20-16(19)14-6-5-11-18(12-14)13-15-7-10-17(21-15)8-3-4-9-17/h14-15H,2-13H2,1H3. The number of carbonyl (C=O) groups excluding carboxylic acids is 1. The highest BCUT2D eigenvalue weighted by Crippen LogP contribution is 2.43. The van der Waals surface area contributed by atoms with Crippen LogP contribution in [0.4, 0.5) is 0 Å². The van der Waals surface area contributed by atoms with Gasteiger partial charge in [0.1, 0.15) is 0 Å². The van der Waals surface area contributed by atoms with Crippen molar-refractivity contribution in [2.75, 3.05) is 26.2 Å². The Kier molecular flexibility index (Phi) is 4.85. The van der Waals surface area contributed by atoms with Gasteiger partial charge >= 0.3 is 5.97 Å². The van der Waals surface area contributed by atoms with Crippen molar-refractivity contribution in [3.05, 3.63) is 0 Å². The molecule has 0 aromatic rings. The third-order valence-corrected chi connectivity index (χ3v) is 5.44. The summed E-state index contributed by atoms with van der Waals surface area (Å²) in [6.07, 6.45) is 10.1. The molecule has 4 nitrogen and oxygen atoms in total. The van der Waals surface area contributed by atoms with E-state index in [0.717, 1.165) is 32.5 Å². The maximum absolute atomic E-state index is 11.9. The van der Waals surface area contributed by atoms with E-state index in [-0.39, 0.29) is 17.5 Å². The van der Waals surface area contributed by atoms with E-state index in [2.05, 4.69) is 4.90 Å². The number of ether oxygens (including phenoxy) is 2. The molecule has 0 aromatic carbocycles. The summed E-state index contributed by atoms with van der Waals surface area (Å²) in [7, 11) is 0. The minimum absolute atomic E-state index is 0.0122. The molecule has 3 aliphatic rings. The molecule has 0 bridgehead atoms. The van der Waals surface area contributed by atoms with Gasteiger partial charge < -0.3 is 9.47 Å². The number of rotatable bonds is 4. The molecule has 2 unspecified atom stereocenters. The maximum Gasteiger partial charge on any atom is 0.310 e. The van der Waals surface area contributed by atoms with Crippen LogP contribution in [-0.4, -0.2) is 48.8 Å². The second-order valence-corrected chi connectivity index (χ2v) is 7.02. The molecule has 0 radical (unpaired) electrons. The summed E-state index contributed by atoms with van der Waals surface area (Å²) in [5.41, 5.74) is 0.223. The van der Waals surface area contributed by atoms with E-state index in [1.807, 2.05) is 6.92 Å². The van der Waals surface area contributed by atoms with E-state index >= 15 is 0 Å². The molecule has 4 heteroatoms. The first-order valence-corrected chi connectivity index (χ1v) is 8.77. The van der Waals surface area contributed by atoms with Gasteiger partial charge in [-0.15, -0.1) is 0 Å². The Morgan fingerprint density at radius 3 is 2.81 bits per heavy atom. The first kappa shape index (κ1) is 15.3. The van der Waals surface area contributed by atoms with E-state index in [1.54, 1.807) is 0 Å². The average molecular weight is 295 g/mol. The van der Waals surface area contributed by atoms with Crippen molar-refractivity contribution in [3.63, 3.8) is 0 Å². The second-order valence-electron chi connectivity index (χ2n) is 7.02. The van der Waals surface area contributed by atoms with Crippen LogP contribution in [0, 0.1) is 5.92 Å². The molecule has 0 amide bonds. The molecule has 0 aromatic heterocycles. The van der Waals surface area contributed by atoms with Crippen molar-refractivity contribution in [3.8, 4) is 0 Å². The van der Waals surface area contributed by atoms with Gasteiger partial charge in [-0.25, -0.2) is 0 Å². The molecule has 1 spiro atoms. The van der Waals surface area contributed by atoms with Crippen molar-refractivity contribution in [2.45, 2.75) is 70.0 Å². The molecule has 2 aliphatic heterocycles. The van der Waals surface area contributed by atoms with Crippen LogP contribution in [-0.2, 0) is 14.3 Å². The van der Waals surface area contributed by atoms with Crippen molar-refractivity contribution >= 4 is 5.97 Å². The van der Waals surface area contributed by atoms with E-state index in [0.29, 0.717) is 12.7 Å². The summed E-state index contributed by atoms with van der Waals surface area (Å²) in [4.78, 5) is 14.3. The lowest BCUT2D eigenvalue weighted by atomic mass is 9.97. The Balaban J connectivity index is 1.48. The summed E-state index contributed by atoms with van der Waals surface area (Å²) >= 11 is 0. The maximum atomic E-state index is 11.9. The normalized spacial score (nSPS) is 32.6. The molecule has 2 heterocycles.